The van der Waals surface area contributed by atoms with E-state index in [4.69, 9.17) is 5.73 Å². The molecule has 0 unspecified atom stereocenters. The van der Waals surface area contributed by atoms with Gasteiger partial charge in [-0.2, -0.15) is 0 Å². The Kier molecular flexibility index (Phi) is 3.99. The summed E-state index contributed by atoms with van der Waals surface area (Å²) in [5.41, 5.74) is 7.85. The summed E-state index contributed by atoms with van der Waals surface area (Å²) in [6.07, 6.45) is 1.13. The van der Waals surface area contributed by atoms with Crippen LogP contribution in [-0.2, 0) is 9.84 Å². The number of hydrogen-bond acceptors (Lipinski definition) is 4. The van der Waals surface area contributed by atoms with Gasteiger partial charge < -0.3 is 11.1 Å². The van der Waals surface area contributed by atoms with E-state index in [1.54, 1.807) is 37.3 Å². The lowest BCUT2D eigenvalue weighted by Crippen LogP contribution is -2.13. The van der Waals surface area contributed by atoms with Crippen LogP contribution < -0.4 is 11.1 Å². The van der Waals surface area contributed by atoms with E-state index in [-0.39, 0.29) is 10.8 Å². The van der Waals surface area contributed by atoms with Gasteiger partial charge in [0.2, 0.25) is 0 Å². The number of hydrogen-bond donors (Lipinski definition) is 2. The van der Waals surface area contributed by atoms with Gasteiger partial charge in [-0.25, -0.2) is 8.42 Å². The van der Waals surface area contributed by atoms with Gasteiger partial charge in [0.05, 0.1) is 4.90 Å². The third kappa shape index (κ3) is 3.61. The maximum atomic E-state index is 12.1. The Balaban J connectivity index is 2.31. The first-order chi connectivity index (χ1) is 9.77. The third-order valence-corrected chi connectivity index (χ3v) is 4.17. The zero-order valence-electron chi connectivity index (χ0n) is 11.8. The number of benzene rings is 2. The molecule has 0 aliphatic heterocycles. The fraction of sp³-hybridized carbons (Fsp3) is 0.133. The van der Waals surface area contributed by atoms with Crippen molar-refractivity contribution in [1.82, 2.24) is 0 Å². The number of nitrogens with one attached hydrogen (secondary N) is 1. The van der Waals surface area contributed by atoms with Crippen LogP contribution in [0.1, 0.15) is 15.9 Å². The molecule has 110 valence electrons. The summed E-state index contributed by atoms with van der Waals surface area (Å²) in [6.45, 7) is 1.80. The molecule has 0 fully saturated rings. The van der Waals surface area contributed by atoms with Crippen molar-refractivity contribution >= 4 is 27.1 Å². The van der Waals surface area contributed by atoms with Crippen LogP contribution >= 0.6 is 0 Å². The first-order valence-electron chi connectivity index (χ1n) is 6.25. The first-order valence-corrected chi connectivity index (χ1v) is 8.14. The summed E-state index contributed by atoms with van der Waals surface area (Å²) < 4.78 is 23.1. The molecule has 2 aromatic carbocycles. The zero-order valence-corrected chi connectivity index (χ0v) is 12.6. The van der Waals surface area contributed by atoms with E-state index in [1.165, 1.54) is 12.1 Å². The molecule has 0 aliphatic carbocycles. The standard InChI is InChI=1S/C15H16N2O3S/c1-10-3-8-13(21(2,19)20)9-14(10)17-15(18)11-4-6-12(16)7-5-11/h3-9H,16H2,1-2H3,(H,17,18). The molecule has 0 saturated carbocycles. The van der Waals surface area contributed by atoms with Gasteiger partial charge in [0.1, 0.15) is 0 Å². The highest BCUT2D eigenvalue weighted by molar-refractivity contribution is 7.90. The van der Waals surface area contributed by atoms with Crippen molar-refractivity contribution < 1.29 is 13.2 Å². The normalized spacial score (nSPS) is 11.1. The van der Waals surface area contributed by atoms with Crippen molar-refractivity contribution in [2.24, 2.45) is 0 Å². The zero-order chi connectivity index (χ0) is 15.6. The second-order valence-corrected chi connectivity index (χ2v) is 6.84. The monoisotopic (exact) mass is 304 g/mol. The lowest BCUT2D eigenvalue weighted by Gasteiger charge is -2.10. The number of amides is 1. The van der Waals surface area contributed by atoms with Crippen LogP contribution in [-0.4, -0.2) is 20.6 Å². The SMILES string of the molecule is Cc1ccc(S(C)(=O)=O)cc1NC(=O)c1ccc(N)cc1. The summed E-state index contributed by atoms with van der Waals surface area (Å²) in [5.74, 6) is -0.316. The minimum absolute atomic E-state index is 0.167. The highest BCUT2D eigenvalue weighted by Gasteiger charge is 2.12. The van der Waals surface area contributed by atoms with Crippen LogP contribution in [0.15, 0.2) is 47.4 Å². The van der Waals surface area contributed by atoms with Crippen LogP contribution in [0.4, 0.5) is 11.4 Å². The molecule has 0 bridgehead atoms. The van der Waals surface area contributed by atoms with Crippen molar-refractivity contribution in [3.63, 3.8) is 0 Å². The molecule has 3 N–H and O–H groups in total. The molecular formula is C15H16N2O3S. The molecule has 0 atom stereocenters. The molecule has 6 heteroatoms. The van der Waals surface area contributed by atoms with E-state index in [0.717, 1.165) is 11.8 Å². The van der Waals surface area contributed by atoms with E-state index < -0.39 is 9.84 Å². The van der Waals surface area contributed by atoms with Gasteiger partial charge in [0.25, 0.3) is 5.91 Å². The fourth-order valence-corrected chi connectivity index (χ4v) is 2.44. The summed E-state index contributed by atoms with van der Waals surface area (Å²) in [6, 6.07) is 11.1. The molecule has 21 heavy (non-hydrogen) atoms. The maximum absolute atomic E-state index is 12.1. The van der Waals surface area contributed by atoms with Gasteiger partial charge in [-0.3, -0.25) is 4.79 Å². The van der Waals surface area contributed by atoms with Crippen molar-refractivity contribution in [2.75, 3.05) is 17.3 Å². The Morgan fingerprint density at radius 3 is 2.29 bits per heavy atom. The van der Waals surface area contributed by atoms with Crippen molar-refractivity contribution in [1.29, 1.82) is 0 Å². The number of nitrogen functional groups attached to an aromatic ring is 1. The van der Waals surface area contributed by atoms with E-state index in [1.807, 2.05) is 0 Å². The Bertz CT molecular complexity index is 781. The van der Waals surface area contributed by atoms with Crippen molar-refractivity contribution in [2.45, 2.75) is 11.8 Å². The molecule has 0 spiro atoms. The molecule has 1 amide bonds. The number of nitrogens with two attached hydrogens (primary N) is 1. The highest BCUT2D eigenvalue weighted by Crippen LogP contribution is 2.21. The second-order valence-electron chi connectivity index (χ2n) is 4.83. The number of carbonyl (C=O) groups is 1. The Morgan fingerprint density at radius 2 is 1.71 bits per heavy atom. The van der Waals surface area contributed by atoms with E-state index in [9.17, 15) is 13.2 Å². The van der Waals surface area contributed by atoms with Crippen LogP contribution in [0.2, 0.25) is 0 Å². The molecule has 5 nitrogen and oxygen atoms in total. The van der Waals surface area contributed by atoms with Crippen LogP contribution in [0, 0.1) is 6.92 Å². The Hall–Kier alpha value is -2.34. The Morgan fingerprint density at radius 1 is 1.10 bits per heavy atom. The average Bonchev–Trinajstić information content (AvgIpc) is 2.40. The second kappa shape index (κ2) is 5.57. The lowest BCUT2D eigenvalue weighted by molar-refractivity contribution is 0.102. The van der Waals surface area contributed by atoms with Crippen molar-refractivity contribution in [3.8, 4) is 0 Å². The van der Waals surface area contributed by atoms with Crippen LogP contribution in [0.5, 0.6) is 0 Å². The molecule has 0 aliphatic rings. The van der Waals surface area contributed by atoms with Gasteiger partial charge in [0.15, 0.2) is 9.84 Å². The predicted octanol–water partition coefficient (Wildman–Crippen LogP) is 2.23. The van der Waals surface area contributed by atoms with Crippen LogP contribution in [0.3, 0.4) is 0 Å². The minimum atomic E-state index is -3.32. The molecule has 0 saturated heterocycles. The van der Waals surface area contributed by atoms with E-state index in [2.05, 4.69) is 5.32 Å². The molecule has 0 heterocycles. The smallest absolute Gasteiger partial charge is 0.255 e. The van der Waals surface area contributed by atoms with Gasteiger partial charge >= 0.3 is 0 Å². The summed E-state index contributed by atoms with van der Waals surface area (Å²) in [5, 5.41) is 2.71. The molecule has 0 aromatic heterocycles. The molecule has 2 aromatic rings. The van der Waals surface area contributed by atoms with Gasteiger partial charge in [0, 0.05) is 23.2 Å². The fourth-order valence-electron chi connectivity index (χ4n) is 1.80. The topological polar surface area (TPSA) is 89.3 Å². The van der Waals surface area contributed by atoms with Crippen molar-refractivity contribution in [3.05, 3.63) is 53.6 Å². The van der Waals surface area contributed by atoms with E-state index in [0.29, 0.717) is 16.9 Å². The summed E-state index contributed by atoms with van der Waals surface area (Å²) in [7, 11) is -3.32. The number of anilines is 2. The number of rotatable bonds is 3. The molecule has 2 rings (SSSR count). The van der Waals surface area contributed by atoms with E-state index >= 15 is 0 Å². The summed E-state index contributed by atoms with van der Waals surface area (Å²) in [4.78, 5) is 12.3. The molecule has 0 radical (unpaired) electrons. The largest absolute Gasteiger partial charge is 0.399 e. The van der Waals surface area contributed by atoms with Crippen LogP contribution in [0.25, 0.3) is 0 Å². The van der Waals surface area contributed by atoms with Gasteiger partial charge in [-0.1, -0.05) is 6.07 Å². The number of carbonyl (C=O) groups excluding carboxylic acids is 1. The Labute approximate surface area is 123 Å². The number of sulfone groups is 1. The average molecular weight is 304 g/mol. The number of aryl methyl sites for hydroxylation is 1. The highest BCUT2D eigenvalue weighted by atomic mass is 32.2. The summed E-state index contributed by atoms with van der Waals surface area (Å²) >= 11 is 0. The first kappa shape index (κ1) is 15.1. The van der Waals surface area contributed by atoms with Gasteiger partial charge in [-0.15, -0.1) is 0 Å². The predicted molar refractivity (Wildman–Crippen MR) is 83.1 cm³/mol. The quantitative estimate of drug-likeness (QED) is 0.851. The maximum Gasteiger partial charge on any atom is 0.255 e. The van der Waals surface area contributed by atoms with Gasteiger partial charge in [-0.05, 0) is 48.9 Å². The minimum Gasteiger partial charge on any atom is -0.399 e. The molecular weight excluding hydrogens is 288 g/mol. The lowest BCUT2D eigenvalue weighted by atomic mass is 10.1. The third-order valence-electron chi connectivity index (χ3n) is 3.06.